The van der Waals surface area contributed by atoms with Crippen LogP contribution in [0.25, 0.3) is 0 Å². The number of halogens is 2. The molecule has 0 aromatic heterocycles. The van der Waals surface area contributed by atoms with Crippen molar-refractivity contribution in [1.29, 1.82) is 0 Å². The Bertz CT molecular complexity index is 747. The van der Waals surface area contributed by atoms with Gasteiger partial charge >= 0.3 is 0 Å². The van der Waals surface area contributed by atoms with Gasteiger partial charge in [0.15, 0.2) is 0 Å². The fraction of sp³-hybridized carbons (Fsp3) is 0.652. The molecule has 7 heteroatoms. The van der Waals surface area contributed by atoms with E-state index in [1.165, 1.54) is 12.5 Å². The van der Waals surface area contributed by atoms with E-state index in [9.17, 15) is 14.0 Å². The van der Waals surface area contributed by atoms with Gasteiger partial charge in [-0.05, 0) is 43.2 Å². The van der Waals surface area contributed by atoms with E-state index in [4.69, 9.17) is 17.3 Å². The van der Waals surface area contributed by atoms with Gasteiger partial charge in [-0.15, -0.1) is 0 Å². The summed E-state index contributed by atoms with van der Waals surface area (Å²) in [7, 11) is 0. The zero-order valence-electron chi connectivity index (χ0n) is 17.9. The number of piperidine rings is 1. The maximum Gasteiger partial charge on any atom is 0.236 e. The second-order valence-corrected chi connectivity index (χ2v) is 9.40. The number of likely N-dealkylation sites (tertiary alicyclic amines) is 1. The third-order valence-corrected chi connectivity index (χ3v) is 7.50. The second kappa shape index (κ2) is 10.1. The standard InChI is InChI=1S/C23H33ClFN3O2/c1-15-5-3-8-21(16(15)2)28(13-18-19(24)6-4-7-20(18)25)14-22(29)27-11-9-17(10-12-27)23(26)30/h4,6-7,15-17,21H,3,5,8-14H2,1-2H3,(H2,26,30). The van der Waals surface area contributed by atoms with Crippen molar-refractivity contribution in [3.63, 3.8) is 0 Å². The topological polar surface area (TPSA) is 66.6 Å². The summed E-state index contributed by atoms with van der Waals surface area (Å²) >= 11 is 6.30. The molecule has 1 saturated carbocycles. The number of nitrogens with zero attached hydrogens (tertiary/aromatic N) is 2. The van der Waals surface area contributed by atoms with Crippen LogP contribution >= 0.6 is 11.6 Å². The molecule has 2 fully saturated rings. The highest BCUT2D eigenvalue weighted by atomic mass is 35.5. The Hall–Kier alpha value is -1.66. The Morgan fingerprint density at radius 1 is 1.20 bits per heavy atom. The summed E-state index contributed by atoms with van der Waals surface area (Å²) in [5.41, 5.74) is 5.86. The van der Waals surface area contributed by atoms with Crippen molar-refractivity contribution in [3.8, 4) is 0 Å². The van der Waals surface area contributed by atoms with Crippen LogP contribution in [0, 0.1) is 23.6 Å². The van der Waals surface area contributed by atoms with Crippen molar-refractivity contribution < 1.29 is 14.0 Å². The molecule has 30 heavy (non-hydrogen) atoms. The average molecular weight is 438 g/mol. The molecule has 1 saturated heterocycles. The molecule has 0 bridgehead atoms. The van der Waals surface area contributed by atoms with Crippen LogP contribution in [0.1, 0.15) is 51.5 Å². The van der Waals surface area contributed by atoms with Crippen molar-refractivity contribution >= 4 is 23.4 Å². The summed E-state index contributed by atoms with van der Waals surface area (Å²) in [5, 5.41) is 0.395. The summed E-state index contributed by atoms with van der Waals surface area (Å²) in [5.74, 6) is 0.223. The van der Waals surface area contributed by atoms with Crippen molar-refractivity contribution in [2.24, 2.45) is 23.5 Å². The Labute approximate surface area is 183 Å². The van der Waals surface area contributed by atoms with Crippen LogP contribution in [0.4, 0.5) is 4.39 Å². The molecule has 1 aliphatic carbocycles. The first kappa shape index (κ1) is 23.0. The zero-order chi connectivity index (χ0) is 21.8. The summed E-state index contributed by atoms with van der Waals surface area (Å²) in [6.45, 7) is 6.11. The van der Waals surface area contributed by atoms with E-state index in [-0.39, 0.29) is 36.1 Å². The van der Waals surface area contributed by atoms with Gasteiger partial charge in [0.25, 0.3) is 0 Å². The van der Waals surface area contributed by atoms with Crippen LogP contribution in [0.3, 0.4) is 0 Å². The molecule has 2 aliphatic rings. The molecule has 2 N–H and O–H groups in total. The van der Waals surface area contributed by atoms with Gasteiger partial charge in [-0.1, -0.05) is 44.4 Å². The molecular formula is C23H33ClFN3O2. The van der Waals surface area contributed by atoms with Gasteiger partial charge < -0.3 is 10.6 Å². The van der Waals surface area contributed by atoms with Gasteiger partial charge in [-0.25, -0.2) is 4.39 Å². The molecule has 3 rings (SSSR count). The Kier molecular flexibility index (Phi) is 7.75. The fourth-order valence-electron chi connectivity index (χ4n) is 4.93. The predicted molar refractivity (Wildman–Crippen MR) is 116 cm³/mol. The van der Waals surface area contributed by atoms with E-state index in [1.807, 2.05) is 4.90 Å². The number of benzene rings is 1. The maximum atomic E-state index is 14.5. The van der Waals surface area contributed by atoms with Crippen molar-refractivity contribution in [1.82, 2.24) is 9.80 Å². The first-order valence-electron chi connectivity index (χ1n) is 11.0. The largest absolute Gasteiger partial charge is 0.369 e. The van der Waals surface area contributed by atoms with E-state index in [0.717, 1.165) is 12.8 Å². The van der Waals surface area contributed by atoms with Gasteiger partial charge in [0.1, 0.15) is 5.82 Å². The number of carbonyl (C=O) groups is 2. The molecule has 0 radical (unpaired) electrons. The Morgan fingerprint density at radius 2 is 1.90 bits per heavy atom. The number of hydrogen-bond acceptors (Lipinski definition) is 3. The molecule has 166 valence electrons. The number of amides is 2. The lowest BCUT2D eigenvalue weighted by Crippen LogP contribution is -2.50. The van der Waals surface area contributed by atoms with Crippen LogP contribution in [-0.4, -0.2) is 47.3 Å². The molecule has 1 aliphatic heterocycles. The lowest BCUT2D eigenvalue weighted by molar-refractivity contribution is -0.137. The number of rotatable bonds is 6. The van der Waals surface area contributed by atoms with Crippen LogP contribution in [-0.2, 0) is 16.1 Å². The number of primary amides is 1. The predicted octanol–water partition coefficient (Wildman–Crippen LogP) is 3.83. The molecule has 1 heterocycles. The summed E-state index contributed by atoms with van der Waals surface area (Å²) in [6, 6.07) is 4.92. The van der Waals surface area contributed by atoms with Crippen molar-refractivity contribution in [2.45, 2.75) is 58.5 Å². The molecule has 0 spiro atoms. The highest BCUT2D eigenvalue weighted by Crippen LogP contribution is 2.34. The monoisotopic (exact) mass is 437 g/mol. The lowest BCUT2D eigenvalue weighted by atomic mass is 9.77. The Morgan fingerprint density at radius 3 is 2.53 bits per heavy atom. The first-order valence-corrected chi connectivity index (χ1v) is 11.4. The third kappa shape index (κ3) is 5.33. The highest BCUT2D eigenvalue weighted by molar-refractivity contribution is 6.31. The summed E-state index contributed by atoms with van der Waals surface area (Å²) in [4.78, 5) is 28.5. The minimum atomic E-state index is -0.335. The van der Waals surface area contributed by atoms with E-state index in [0.29, 0.717) is 54.9 Å². The van der Waals surface area contributed by atoms with Crippen LogP contribution in [0.5, 0.6) is 0 Å². The molecule has 3 atom stereocenters. The van der Waals surface area contributed by atoms with Gasteiger partial charge in [0, 0.05) is 42.2 Å². The smallest absolute Gasteiger partial charge is 0.236 e. The fourth-order valence-corrected chi connectivity index (χ4v) is 5.16. The van der Waals surface area contributed by atoms with E-state index >= 15 is 0 Å². The van der Waals surface area contributed by atoms with Gasteiger partial charge in [-0.2, -0.15) is 0 Å². The second-order valence-electron chi connectivity index (χ2n) is 9.00. The minimum Gasteiger partial charge on any atom is -0.369 e. The number of carbonyl (C=O) groups excluding carboxylic acids is 2. The molecule has 3 unspecified atom stereocenters. The molecule has 5 nitrogen and oxygen atoms in total. The van der Waals surface area contributed by atoms with Crippen LogP contribution < -0.4 is 5.73 Å². The normalized spacial score (nSPS) is 25.5. The van der Waals surface area contributed by atoms with E-state index in [1.54, 1.807) is 12.1 Å². The van der Waals surface area contributed by atoms with Crippen molar-refractivity contribution in [3.05, 3.63) is 34.6 Å². The number of nitrogens with two attached hydrogens (primary N) is 1. The van der Waals surface area contributed by atoms with Crippen molar-refractivity contribution in [2.75, 3.05) is 19.6 Å². The quantitative estimate of drug-likeness (QED) is 0.735. The van der Waals surface area contributed by atoms with Gasteiger partial charge in [0.2, 0.25) is 11.8 Å². The van der Waals surface area contributed by atoms with E-state index in [2.05, 4.69) is 18.7 Å². The third-order valence-electron chi connectivity index (χ3n) is 7.14. The SMILES string of the molecule is CC1CCCC(N(CC(=O)N2CCC(C(N)=O)CC2)Cc2c(F)cccc2Cl)C1C. The van der Waals surface area contributed by atoms with Crippen LogP contribution in [0.15, 0.2) is 18.2 Å². The minimum absolute atomic E-state index is 0.0239. The molecule has 1 aromatic rings. The molecule has 1 aromatic carbocycles. The Balaban J connectivity index is 1.76. The van der Waals surface area contributed by atoms with Gasteiger partial charge in [0.05, 0.1) is 6.54 Å². The maximum absolute atomic E-state index is 14.5. The highest BCUT2D eigenvalue weighted by Gasteiger charge is 2.34. The van der Waals surface area contributed by atoms with Crippen LogP contribution in [0.2, 0.25) is 5.02 Å². The summed E-state index contributed by atoms with van der Waals surface area (Å²) in [6.07, 6.45) is 4.50. The first-order chi connectivity index (χ1) is 14.3. The van der Waals surface area contributed by atoms with E-state index < -0.39 is 0 Å². The average Bonchev–Trinajstić information content (AvgIpc) is 2.72. The zero-order valence-corrected chi connectivity index (χ0v) is 18.7. The number of hydrogen-bond donors (Lipinski definition) is 1. The lowest BCUT2D eigenvalue weighted by Gasteiger charge is -2.42. The molecular weight excluding hydrogens is 405 g/mol. The van der Waals surface area contributed by atoms with Gasteiger partial charge in [-0.3, -0.25) is 14.5 Å². The summed E-state index contributed by atoms with van der Waals surface area (Å²) < 4.78 is 14.5. The molecule has 2 amide bonds.